The Kier molecular flexibility index (Phi) is 4.64. The summed E-state index contributed by atoms with van der Waals surface area (Å²) in [5, 5.41) is 10.0. The van der Waals surface area contributed by atoms with Crippen molar-refractivity contribution in [2.45, 2.75) is 12.3 Å². The zero-order valence-corrected chi connectivity index (χ0v) is 11.8. The van der Waals surface area contributed by atoms with Gasteiger partial charge in [0.2, 0.25) is 0 Å². The van der Waals surface area contributed by atoms with Gasteiger partial charge in [0, 0.05) is 5.02 Å². The van der Waals surface area contributed by atoms with Gasteiger partial charge in [-0.25, -0.2) is 0 Å². The predicted molar refractivity (Wildman–Crippen MR) is 78.5 cm³/mol. The summed E-state index contributed by atoms with van der Waals surface area (Å²) in [7, 11) is 1.58. The summed E-state index contributed by atoms with van der Waals surface area (Å²) in [4.78, 5) is 11.5. The minimum absolute atomic E-state index is 0.405. The fourth-order valence-electron chi connectivity index (χ4n) is 2.08. The fourth-order valence-corrected chi connectivity index (χ4v) is 2.30. The van der Waals surface area contributed by atoms with Crippen molar-refractivity contribution in [3.05, 3.63) is 64.7 Å². The lowest BCUT2D eigenvalue weighted by Gasteiger charge is -2.13. The van der Waals surface area contributed by atoms with Gasteiger partial charge in [0.1, 0.15) is 5.75 Å². The molecular formula is C16H15ClO3. The number of carboxylic acids is 1. The lowest BCUT2D eigenvalue weighted by Crippen LogP contribution is -2.14. The first kappa shape index (κ1) is 14.4. The second-order valence-electron chi connectivity index (χ2n) is 4.50. The van der Waals surface area contributed by atoms with E-state index in [9.17, 15) is 9.90 Å². The topological polar surface area (TPSA) is 46.5 Å². The Labute approximate surface area is 122 Å². The van der Waals surface area contributed by atoms with Crippen LogP contribution in [0.1, 0.15) is 17.0 Å². The molecule has 2 rings (SSSR count). The Hall–Kier alpha value is -2.00. The summed E-state index contributed by atoms with van der Waals surface area (Å²) in [5.41, 5.74) is 1.65. The molecule has 1 N–H and O–H groups in total. The van der Waals surface area contributed by atoms with Crippen molar-refractivity contribution in [2.75, 3.05) is 7.11 Å². The Morgan fingerprint density at radius 3 is 2.50 bits per heavy atom. The van der Waals surface area contributed by atoms with Gasteiger partial charge < -0.3 is 9.84 Å². The Morgan fingerprint density at radius 1 is 1.25 bits per heavy atom. The number of methoxy groups -OCH3 is 1. The Morgan fingerprint density at radius 2 is 1.95 bits per heavy atom. The predicted octanol–water partition coefficient (Wildman–Crippen LogP) is 3.76. The maximum Gasteiger partial charge on any atom is 0.311 e. The fraction of sp³-hybridized carbons (Fsp3) is 0.188. The molecule has 1 unspecified atom stereocenters. The normalized spacial score (nSPS) is 11.9. The van der Waals surface area contributed by atoms with Crippen LogP contribution in [-0.4, -0.2) is 18.2 Å². The number of rotatable bonds is 5. The lowest BCUT2D eigenvalue weighted by molar-refractivity contribution is -0.138. The highest BCUT2D eigenvalue weighted by atomic mass is 35.5. The van der Waals surface area contributed by atoms with Crippen LogP contribution in [0.3, 0.4) is 0 Å². The summed E-state index contributed by atoms with van der Waals surface area (Å²) < 4.78 is 5.08. The van der Waals surface area contributed by atoms with Gasteiger partial charge in [-0.05, 0) is 41.8 Å². The van der Waals surface area contributed by atoms with E-state index in [1.54, 1.807) is 43.5 Å². The van der Waals surface area contributed by atoms with Gasteiger partial charge in [-0.3, -0.25) is 4.79 Å². The second kappa shape index (κ2) is 6.44. The van der Waals surface area contributed by atoms with Crippen LogP contribution < -0.4 is 4.74 Å². The third-order valence-electron chi connectivity index (χ3n) is 3.15. The van der Waals surface area contributed by atoms with Crippen LogP contribution in [0.4, 0.5) is 0 Å². The number of hydrogen-bond donors (Lipinski definition) is 1. The molecule has 20 heavy (non-hydrogen) atoms. The van der Waals surface area contributed by atoms with Gasteiger partial charge >= 0.3 is 5.97 Å². The number of benzene rings is 2. The highest BCUT2D eigenvalue weighted by Gasteiger charge is 2.20. The van der Waals surface area contributed by atoms with Gasteiger partial charge in [-0.2, -0.15) is 0 Å². The highest BCUT2D eigenvalue weighted by Crippen LogP contribution is 2.24. The maximum absolute atomic E-state index is 11.5. The van der Waals surface area contributed by atoms with E-state index in [-0.39, 0.29) is 0 Å². The summed E-state index contributed by atoms with van der Waals surface area (Å²) in [6.45, 7) is 0. The summed E-state index contributed by atoms with van der Waals surface area (Å²) in [5.74, 6) is -0.741. The molecule has 0 saturated heterocycles. The van der Waals surface area contributed by atoms with Crippen LogP contribution in [0, 0.1) is 0 Å². The summed E-state index contributed by atoms with van der Waals surface area (Å²) in [6.07, 6.45) is 0.405. The highest BCUT2D eigenvalue weighted by molar-refractivity contribution is 6.30. The first-order valence-electron chi connectivity index (χ1n) is 6.21. The average Bonchev–Trinajstić information content (AvgIpc) is 2.45. The Bertz CT molecular complexity index is 593. The molecule has 0 aliphatic rings. The molecule has 2 aromatic carbocycles. The molecule has 4 heteroatoms. The number of hydrogen-bond acceptors (Lipinski definition) is 2. The number of carbonyl (C=O) groups is 1. The van der Waals surface area contributed by atoms with E-state index in [0.717, 1.165) is 11.1 Å². The molecular weight excluding hydrogens is 276 g/mol. The molecule has 0 aliphatic heterocycles. The van der Waals surface area contributed by atoms with Crippen molar-refractivity contribution in [1.82, 2.24) is 0 Å². The van der Waals surface area contributed by atoms with E-state index in [0.29, 0.717) is 17.2 Å². The monoisotopic (exact) mass is 290 g/mol. The molecule has 0 saturated carbocycles. The maximum atomic E-state index is 11.5. The SMILES string of the molecule is COc1ccc(C(Cc2cccc(Cl)c2)C(=O)O)cc1. The zero-order chi connectivity index (χ0) is 14.5. The van der Waals surface area contributed by atoms with E-state index in [1.807, 2.05) is 12.1 Å². The summed E-state index contributed by atoms with van der Waals surface area (Å²) >= 11 is 5.93. The number of halogens is 1. The van der Waals surface area contributed by atoms with Crippen LogP contribution in [0.15, 0.2) is 48.5 Å². The molecule has 3 nitrogen and oxygen atoms in total. The van der Waals surface area contributed by atoms with E-state index < -0.39 is 11.9 Å². The number of carboxylic acid groups (broad SMARTS) is 1. The van der Waals surface area contributed by atoms with E-state index in [2.05, 4.69) is 0 Å². The minimum atomic E-state index is -0.852. The van der Waals surface area contributed by atoms with E-state index in [4.69, 9.17) is 16.3 Å². The van der Waals surface area contributed by atoms with Crippen LogP contribution in [0.5, 0.6) is 5.75 Å². The van der Waals surface area contributed by atoms with Gasteiger partial charge in [0.15, 0.2) is 0 Å². The van der Waals surface area contributed by atoms with Crippen molar-refractivity contribution >= 4 is 17.6 Å². The molecule has 0 amide bonds. The third kappa shape index (κ3) is 3.52. The molecule has 0 heterocycles. The molecule has 0 bridgehead atoms. The van der Waals surface area contributed by atoms with E-state index in [1.165, 1.54) is 0 Å². The van der Waals surface area contributed by atoms with Gasteiger partial charge in [-0.1, -0.05) is 35.9 Å². The van der Waals surface area contributed by atoms with Crippen LogP contribution >= 0.6 is 11.6 Å². The first-order chi connectivity index (χ1) is 9.60. The molecule has 2 aromatic rings. The third-order valence-corrected chi connectivity index (χ3v) is 3.38. The molecule has 0 spiro atoms. The minimum Gasteiger partial charge on any atom is -0.497 e. The number of ether oxygens (including phenoxy) is 1. The quantitative estimate of drug-likeness (QED) is 0.912. The van der Waals surface area contributed by atoms with Crippen LogP contribution in [0.2, 0.25) is 5.02 Å². The second-order valence-corrected chi connectivity index (χ2v) is 4.93. The molecule has 0 fully saturated rings. The van der Waals surface area contributed by atoms with Crippen molar-refractivity contribution in [3.63, 3.8) is 0 Å². The van der Waals surface area contributed by atoms with Crippen molar-refractivity contribution < 1.29 is 14.6 Å². The smallest absolute Gasteiger partial charge is 0.311 e. The van der Waals surface area contributed by atoms with Gasteiger partial charge in [0.25, 0.3) is 0 Å². The number of aliphatic carboxylic acids is 1. The van der Waals surface area contributed by atoms with Gasteiger partial charge in [-0.15, -0.1) is 0 Å². The summed E-state index contributed by atoms with van der Waals surface area (Å²) in [6, 6.07) is 14.4. The molecule has 104 valence electrons. The Balaban J connectivity index is 2.24. The molecule has 0 radical (unpaired) electrons. The largest absolute Gasteiger partial charge is 0.497 e. The zero-order valence-electron chi connectivity index (χ0n) is 11.0. The molecule has 0 aliphatic carbocycles. The molecule has 1 atom stereocenters. The lowest BCUT2D eigenvalue weighted by atomic mass is 9.92. The van der Waals surface area contributed by atoms with Crippen LogP contribution in [-0.2, 0) is 11.2 Å². The standard InChI is InChI=1S/C16H15ClO3/c1-20-14-7-5-12(6-8-14)15(16(18)19)10-11-3-2-4-13(17)9-11/h2-9,15H,10H2,1H3,(H,18,19). The van der Waals surface area contributed by atoms with E-state index >= 15 is 0 Å². The first-order valence-corrected chi connectivity index (χ1v) is 6.59. The average molecular weight is 291 g/mol. The molecule has 0 aromatic heterocycles. The van der Waals surface area contributed by atoms with Crippen molar-refractivity contribution in [2.24, 2.45) is 0 Å². The van der Waals surface area contributed by atoms with Crippen molar-refractivity contribution in [3.8, 4) is 5.75 Å². The van der Waals surface area contributed by atoms with Crippen molar-refractivity contribution in [1.29, 1.82) is 0 Å². The van der Waals surface area contributed by atoms with Gasteiger partial charge in [0.05, 0.1) is 13.0 Å². The van der Waals surface area contributed by atoms with Crippen LogP contribution in [0.25, 0.3) is 0 Å².